The molecule has 0 amide bonds. The molecule has 2 fully saturated rings. The van der Waals surface area contributed by atoms with Crippen molar-refractivity contribution in [3.63, 3.8) is 0 Å². The van der Waals surface area contributed by atoms with Crippen LogP contribution in [0.5, 0.6) is 0 Å². The summed E-state index contributed by atoms with van der Waals surface area (Å²) in [4.78, 5) is 22.3. The van der Waals surface area contributed by atoms with Crippen LogP contribution in [0.4, 0.5) is 17.7 Å². The van der Waals surface area contributed by atoms with Gasteiger partial charge in [-0.2, -0.15) is 17.7 Å². The predicted molar refractivity (Wildman–Crippen MR) is 115 cm³/mol. The van der Waals surface area contributed by atoms with E-state index < -0.39 is 10.2 Å². The van der Waals surface area contributed by atoms with Crippen LogP contribution in [0.25, 0.3) is 11.3 Å². The van der Waals surface area contributed by atoms with Gasteiger partial charge in [-0.3, -0.25) is 0 Å². The predicted octanol–water partition coefficient (Wildman–Crippen LogP) is -1.01. The number of rotatable bonds is 4. The third-order valence-corrected chi connectivity index (χ3v) is 7.08. The number of aromatic nitrogens is 4. The molecule has 0 unspecified atom stereocenters. The van der Waals surface area contributed by atoms with E-state index in [0.717, 1.165) is 29.1 Å². The molecule has 3 aliphatic rings. The van der Waals surface area contributed by atoms with Crippen molar-refractivity contribution in [3.8, 4) is 11.3 Å². The van der Waals surface area contributed by atoms with Crippen molar-refractivity contribution < 1.29 is 13.2 Å². The fourth-order valence-corrected chi connectivity index (χ4v) is 5.35. The monoisotopic (exact) mass is 447 g/mol. The van der Waals surface area contributed by atoms with Gasteiger partial charge in [0.25, 0.3) is 10.2 Å². The Labute approximate surface area is 180 Å². The van der Waals surface area contributed by atoms with Crippen LogP contribution in [0.15, 0.2) is 12.4 Å². The first kappa shape index (κ1) is 20.3. The van der Waals surface area contributed by atoms with Crippen molar-refractivity contribution >= 4 is 27.9 Å². The molecule has 0 atom stereocenters. The van der Waals surface area contributed by atoms with Gasteiger partial charge in [0.15, 0.2) is 0 Å². The number of fused-ring (bicyclic) bond motifs is 1. The zero-order chi connectivity index (χ0) is 21.8. The summed E-state index contributed by atoms with van der Waals surface area (Å²) < 4.78 is 30.2. The van der Waals surface area contributed by atoms with Gasteiger partial charge in [-0.1, -0.05) is 0 Å². The number of hydrogen-bond acceptors (Lipinski definition) is 10. The molecule has 2 aromatic heterocycles. The molecule has 12 nitrogen and oxygen atoms in total. The second-order valence-electron chi connectivity index (χ2n) is 8.32. The first-order valence-electron chi connectivity index (χ1n) is 10.1. The van der Waals surface area contributed by atoms with E-state index in [1.165, 1.54) is 4.31 Å². The molecule has 0 spiro atoms. The Kier molecular flexibility index (Phi) is 4.73. The summed E-state index contributed by atoms with van der Waals surface area (Å²) in [6.45, 7) is 6.03. The molecule has 166 valence electrons. The van der Waals surface area contributed by atoms with Crippen molar-refractivity contribution in [2.24, 2.45) is 5.14 Å². The van der Waals surface area contributed by atoms with Gasteiger partial charge < -0.3 is 20.3 Å². The standard InChI is InChI=1S/C18H25N9O3S/c1-18(10-26(11-18)31(20,28)29)27-3-2-13-14(12-8-21-16(19)22-9-12)23-17(24-15(13)27)25-4-6-30-7-5-25/h8-9H,2-7,10-11H2,1H3,(H2,19,21,22)(H2,20,28,29). The summed E-state index contributed by atoms with van der Waals surface area (Å²) in [5.74, 6) is 1.64. The topological polar surface area (TPSA) is 157 Å². The van der Waals surface area contributed by atoms with Gasteiger partial charge in [0.2, 0.25) is 11.9 Å². The molecule has 2 saturated heterocycles. The minimum Gasteiger partial charge on any atom is -0.378 e. The Bertz CT molecular complexity index is 1100. The van der Waals surface area contributed by atoms with Crippen LogP contribution >= 0.6 is 0 Å². The van der Waals surface area contributed by atoms with Crippen molar-refractivity contribution in [2.75, 3.05) is 61.5 Å². The molecule has 0 radical (unpaired) electrons. The zero-order valence-corrected chi connectivity index (χ0v) is 18.0. The highest BCUT2D eigenvalue weighted by Gasteiger charge is 2.50. The second kappa shape index (κ2) is 7.22. The molecule has 0 saturated carbocycles. The number of nitrogens with two attached hydrogens (primary N) is 2. The zero-order valence-electron chi connectivity index (χ0n) is 17.2. The summed E-state index contributed by atoms with van der Waals surface area (Å²) in [7, 11) is -3.70. The lowest BCUT2D eigenvalue weighted by Gasteiger charge is -2.52. The van der Waals surface area contributed by atoms with Gasteiger partial charge in [-0.25, -0.2) is 20.1 Å². The lowest BCUT2D eigenvalue weighted by molar-refractivity contribution is 0.122. The Hall–Kier alpha value is -2.61. The van der Waals surface area contributed by atoms with Crippen molar-refractivity contribution in [2.45, 2.75) is 18.9 Å². The van der Waals surface area contributed by atoms with Gasteiger partial charge in [-0.05, 0) is 13.3 Å². The largest absolute Gasteiger partial charge is 0.378 e. The molecule has 2 aromatic rings. The molecule has 3 aliphatic heterocycles. The van der Waals surface area contributed by atoms with Crippen molar-refractivity contribution in [3.05, 3.63) is 18.0 Å². The van der Waals surface area contributed by atoms with E-state index >= 15 is 0 Å². The average molecular weight is 448 g/mol. The van der Waals surface area contributed by atoms with Crippen LogP contribution in [0.2, 0.25) is 0 Å². The summed E-state index contributed by atoms with van der Waals surface area (Å²) in [6, 6.07) is 0. The van der Waals surface area contributed by atoms with Crippen LogP contribution in [0.3, 0.4) is 0 Å². The summed E-state index contributed by atoms with van der Waals surface area (Å²) >= 11 is 0. The molecule has 31 heavy (non-hydrogen) atoms. The molecule has 5 heterocycles. The van der Waals surface area contributed by atoms with Gasteiger partial charge in [0, 0.05) is 56.2 Å². The normalized spacial score (nSPS) is 21.1. The maximum Gasteiger partial charge on any atom is 0.277 e. The molecule has 13 heteroatoms. The molecule has 4 N–H and O–H groups in total. The van der Waals surface area contributed by atoms with Crippen molar-refractivity contribution in [1.82, 2.24) is 24.2 Å². The SMILES string of the molecule is CC1(N2CCc3c(-c4cnc(N)nc4)nc(N4CCOCC4)nc32)CN(S(N)(=O)=O)C1. The first-order chi connectivity index (χ1) is 14.7. The number of ether oxygens (including phenoxy) is 1. The quantitative estimate of drug-likeness (QED) is 0.595. The van der Waals surface area contributed by atoms with Crippen LogP contribution in [-0.2, 0) is 21.4 Å². The van der Waals surface area contributed by atoms with E-state index in [1.54, 1.807) is 12.4 Å². The highest BCUT2D eigenvalue weighted by Crippen LogP contribution is 2.41. The molecule has 0 bridgehead atoms. The number of hydrogen-bond donors (Lipinski definition) is 2. The summed E-state index contributed by atoms with van der Waals surface area (Å²) in [5.41, 5.74) is 7.83. The van der Waals surface area contributed by atoms with Crippen LogP contribution < -0.4 is 20.7 Å². The van der Waals surface area contributed by atoms with E-state index in [9.17, 15) is 8.42 Å². The number of anilines is 3. The molecular formula is C18H25N9O3S. The van der Waals surface area contributed by atoms with Crippen LogP contribution in [0, 0.1) is 0 Å². The van der Waals surface area contributed by atoms with E-state index in [-0.39, 0.29) is 11.5 Å². The molecule has 0 aromatic carbocycles. The maximum absolute atomic E-state index is 11.7. The Morgan fingerprint density at radius 1 is 1.10 bits per heavy atom. The van der Waals surface area contributed by atoms with Gasteiger partial charge >= 0.3 is 0 Å². The molecule has 5 rings (SSSR count). The lowest BCUT2D eigenvalue weighted by Crippen LogP contribution is -2.70. The Balaban J connectivity index is 1.56. The third kappa shape index (κ3) is 3.56. The van der Waals surface area contributed by atoms with Crippen molar-refractivity contribution in [1.29, 1.82) is 0 Å². The highest BCUT2D eigenvalue weighted by atomic mass is 32.2. The highest BCUT2D eigenvalue weighted by molar-refractivity contribution is 7.86. The van der Waals surface area contributed by atoms with E-state index in [2.05, 4.69) is 19.8 Å². The van der Waals surface area contributed by atoms with E-state index in [1.807, 2.05) is 6.92 Å². The second-order valence-corrected chi connectivity index (χ2v) is 9.86. The number of nitrogens with zero attached hydrogens (tertiary/aromatic N) is 7. The molecule has 0 aliphatic carbocycles. The van der Waals surface area contributed by atoms with E-state index in [0.29, 0.717) is 51.9 Å². The first-order valence-corrected chi connectivity index (χ1v) is 11.6. The van der Waals surface area contributed by atoms with Crippen LogP contribution in [0.1, 0.15) is 12.5 Å². The van der Waals surface area contributed by atoms with E-state index in [4.69, 9.17) is 25.6 Å². The lowest BCUT2D eigenvalue weighted by atomic mass is 9.93. The van der Waals surface area contributed by atoms with Gasteiger partial charge in [0.1, 0.15) is 5.82 Å². The fraction of sp³-hybridized carbons (Fsp3) is 0.556. The maximum atomic E-state index is 11.7. The minimum atomic E-state index is -3.70. The van der Waals surface area contributed by atoms with Gasteiger partial charge in [-0.15, -0.1) is 0 Å². The Morgan fingerprint density at radius 2 is 1.77 bits per heavy atom. The molecular weight excluding hydrogens is 422 g/mol. The average Bonchev–Trinajstić information content (AvgIpc) is 3.16. The number of morpholine rings is 1. The summed E-state index contributed by atoms with van der Waals surface area (Å²) in [5, 5.41) is 5.30. The smallest absolute Gasteiger partial charge is 0.277 e. The number of nitrogen functional groups attached to an aromatic ring is 1. The minimum absolute atomic E-state index is 0.203. The third-order valence-electron chi connectivity index (χ3n) is 6.10. The fourth-order valence-electron chi connectivity index (χ4n) is 4.44. The van der Waals surface area contributed by atoms with Crippen LogP contribution in [-0.4, -0.2) is 84.1 Å². The summed E-state index contributed by atoms with van der Waals surface area (Å²) in [6.07, 6.45) is 4.08. The Morgan fingerprint density at radius 3 is 2.42 bits per heavy atom. The van der Waals surface area contributed by atoms with Gasteiger partial charge in [0.05, 0.1) is 24.4 Å².